The monoisotopic (exact) mass is 276 g/mol. The van der Waals surface area contributed by atoms with Crippen LogP contribution in [0.2, 0.25) is 0 Å². The molecule has 0 saturated carbocycles. The van der Waals surface area contributed by atoms with E-state index in [4.69, 9.17) is 16.0 Å². The van der Waals surface area contributed by atoms with Crippen molar-refractivity contribution in [2.45, 2.75) is 25.8 Å². The van der Waals surface area contributed by atoms with Gasteiger partial charge in [-0.2, -0.15) is 0 Å². The van der Waals surface area contributed by atoms with Gasteiger partial charge >= 0.3 is 0 Å². The van der Waals surface area contributed by atoms with Gasteiger partial charge in [0.15, 0.2) is 0 Å². The van der Waals surface area contributed by atoms with Crippen LogP contribution < -0.4 is 0 Å². The van der Waals surface area contributed by atoms with E-state index in [1.807, 2.05) is 17.6 Å². The lowest BCUT2D eigenvalue weighted by atomic mass is 10.4. The number of aryl methyl sites for hydroxylation is 1. The number of imidazole rings is 1. The molecular weight excluding hydrogens is 264 g/mol. The van der Waals surface area contributed by atoms with E-state index >= 15 is 0 Å². The van der Waals surface area contributed by atoms with Crippen LogP contribution in [-0.4, -0.2) is 19.5 Å². The van der Waals surface area contributed by atoms with Crippen molar-refractivity contribution in [3.05, 3.63) is 42.1 Å². The van der Waals surface area contributed by atoms with Gasteiger partial charge in [-0.3, -0.25) is 4.98 Å². The molecule has 0 radical (unpaired) electrons. The number of alkyl halides is 1. The standard InChI is InChI=1S/C13H13ClN4O/c1-2-9-6-16-13(19-9)8-18-11-3-4-15-7-10(11)17-12(18)5-14/h3-4,6-7H,2,5,8H2,1H3. The maximum absolute atomic E-state index is 5.95. The summed E-state index contributed by atoms with van der Waals surface area (Å²) >= 11 is 5.95. The van der Waals surface area contributed by atoms with E-state index in [1.165, 1.54) is 0 Å². The molecule has 3 heterocycles. The summed E-state index contributed by atoms with van der Waals surface area (Å²) in [6, 6.07) is 1.92. The number of fused-ring (bicyclic) bond motifs is 1. The van der Waals surface area contributed by atoms with E-state index < -0.39 is 0 Å². The molecule has 0 aliphatic rings. The third-order valence-corrected chi connectivity index (χ3v) is 3.23. The topological polar surface area (TPSA) is 56.7 Å². The van der Waals surface area contributed by atoms with Crippen molar-refractivity contribution in [3.8, 4) is 0 Å². The van der Waals surface area contributed by atoms with E-state index in [-0.39, 0.29) is 0 Å². The maximum atomic E-state index is 5.95. The fourth-order valence-corrected chi connectivity index (χ4v) is 2.23. The second kappa shape index (κ2) is 5.01. The van der Waals surface area contributed by atoms with Crippen LogP contribution >= 0.6 is 11.6 Å². The van der Waals surface area contributed by atoms with Crippen molar-refractivity contribution >= 4 is 22.6 Å². The van der Waals surface area contributed by atoms with Gasteiger partial charge in [-0.1, -0.05) is 6.92 Å². The number of aromatic nitrogens is 4. The molecular formula is C13H13ClN4O. The molecule has 0 unspecified atom stereocenters. The minimum atomic E-state index is 0.343. The Labute approximate surface area is 115 Å². The molecule has 98 valence electrons. The number of rotatable bonds is 4. The minimum Gasteiger partial charge on any atom is -0.444 e. The zero-order valence-electron chi connectivity index (χ0n) is 10.5. The molecule has 0 saturated heterocycles. The molecule has 6 heteroatoms. The lowest BCUT2D eigenvalue weighted by Gasteiger charge is -2.04. The van der Waals surface area contributed by atoms with Crippen LogP contribution in [0.3, 0.4) is 0 Å². The van der Waals surface area contributed by atoms with Crippen molar-refractivity contribution in [1.82, 2.24) is 19.5 Å². The van der Waals surface area contributed by atoms with Crippen molar-refractivity contribution in [1.29, 1.82) is 0 Å². The van der Waals surface area contributed by atoms with Crippen LogP contribution in [-0.2, 0) is 18.8 Å². The Kier molecular flexibility index (Phi) is 3.21. The van der Waals surface area contributed by atoms with E-state index in [9.17, 15) is 0 Å². The average Bonchev–Trinajstić information content (AvgIpc) is 3.04. The summed E-state index contributed by atoms with van der Waals surface area (Å²) in [5.74, 6) is 2.68. The van der Waals surface area contributed by atoms with Crippen molar-refractivity contribution in [2.24, 2.45) is 0 Å². The Hall–Kier alpha value is -1.88. The van der Waals surface area contributed by atoms with Crippen molar-refractivity contribution in [3.63, 3.8) is 0 Å². The van der Waals surface area contributed by atoms with Gasteiger partial charge in [0.1, 0.15) is 23.6 Å². The predicted octanol–water partition coefficient (Wildman–Crippen LogP) is 2.77. The molecule has 0 aliphatic carbocycles. The number of halogens is 1. The zero-order chi connectivity index (χ0) is 13.2. The highest BCUT2D eigenvalue weighted by Gasteiger charge is 2.12. The molecule has 0 fully saturated rings. The molecule has 0 amide bonds. The summed E-state index contributed by atoms with van der Waals surface area (Å²) in [5.41, 5.74) is 1.82. The smallest absolute Gasteiger partial charge is 0.214 e. The van der Waals surface area contributed by atoms with Crippen LogP contribution in [0, 0.1) is 0 Å². The number of nitrogens with zero attached hydrogens (tertiary/aromatic N) is 4. The molecule has 3 aromatic rings. The molecule has 0 aliphatic heterocycles. The molecule has 0 spiro atoms. The summed E-state index contributed by atoms with van der Waals surface area (Å²) in [7, 11) is 0. The van der Waals surface area contributed by atoms with Gasteiger partial charge in [-0.25, -0.2) is 9.97 Å². The van der Waals surface area contributed by atoms with E-state index in [0.717, 1.165) is 29.0 Å². The van der Waals surface area contributed by atoms with E-state index in [2.05, 4.69) is 15.0 Å². The highest BCUT2D eigenvalue weighted by molar-refractivity contribution is 6.16. The van der Waals surface area contributed by atoms with Gasteiger partial charge in [-0.05, 0) is 6.07 Å². The largest absolute Gasteiger partial charge is 0.444 e. The molecule has 0 aromatic carbocycles. The second-order valence-electron chi connectivity index (χ2n) is 4.19. The first-order valence-corrected chi connectivity index (χ1v) is 6.64. The molecule has 0 bridgehead atoms. The van der Waals surface area contributed by atoms with Crippen LogP contribution in [0.5, 0.6) is 0 Å². The van der Waals surface area contributed by atoms with Crippen LogP contribution in [0.1, 0.15) is 24.4 Å². The fraction of sp³-hybridized carbons (Fsp3) is 0.308. The van der Waals surface area contributed by atoms with E-state index in [1.54, 1.807) is 18.6 Å². The minimum absolute atomic E-state index is 0.343. The first kappa shape index (κ1) is 12.2. The second-order valence-corrected chi connectivity index (χ2v) is 4.45. The Morgan fingerprint density at radius 1 is 1.37 bits per heavy atom. The number of pyridine rings is 1. The van der Waals surface area contributed by atoms with Crippen LogP contribution in [0.4, 0.5) is 0 Å². The summed E-state index contributed by atoms with van der Waals surface area (Å²) < 4.78 is 7.65. The fourth-order valence-electron chi connectivity index (χ4n) is 2.03. The third-order valence-electron chi connectivity index (χ3n) is 2.99. The first-order chi connectivity index (χ1) is 9.31. The Morgan fingerprint density at radius 3 is 3.00 bits per heavy atom. The highest BCUT2D eigenvalue weighted by Crippen LogP contribution is 2.18. The van der Waals surface area contributed by atoms with Gasteiger partial charge in [0.05, 0.1) is 23.8 Å². The predicted molar refractivity (Wildman–Crippen MR) is 72.1 cm³/mol. The van der Waals surface area contributed by atoms with Gasteiger partial charge in [0.2, 0.25) is 5.89 Å². The van der Waals surface area contributed by atoms with Crippen molar-refractivity contribution < 1.29 is 4.42 Å². The molecule has 0 N–H and O–H groups in total. The SMILES string of the molecule is CCc1cnc(Cn2c(CCl)nc3cnccc32)o1. The molecule has 19 heavy (non-hydrogen) atoms. The average molecular weight is 277 g/mol. The lowest BCUT2D eigenvalue weighted by Crippen LogP contribution is -2.04. The van der Waals surface area contributed by atoms with E-state index in [0.29, 0.717) is 18.3 Å². The molecule has 3 rings (SSSR count). The lowest BCUT2D eigenvalue weighted by molar-refractivity contribution is 0.446. The summed E-state index contributed by atoms with van der Waals surface area (Å²) in [4.78, 5) is 12.8. The number of hydrogen-bond acceptors (Lipinski definition) is 4. The Bertz CT molecular complexity index is 704. The summed E-state index contributed by atoms with van der Waals surface area (Å²) in [5, 5.41) is 0. The third kappa shape index (κ3) is 2.21. The first-order valence-electron chi connectivity index (χ1n) is 6.10. The number of hydrogen-bond donors (Lipinski definition) is 0. The highest BCUT2D eigenvalue weighted by atomic mass is 35.5. The van der Waals surface area contributed by atoms with Crippen molar-refractivity contribution in [2.75, 3.05) is 0 Å². The van der Waals surface area contributed by atoms with Gasteiger partial charge in [0.25, 0.3) is 0 Å². The Balaban J connectivity index is 2.03. The quantitative estimate of drug-likeness (QED) is 0.688. The Morgan fingerprint density at radius 2 is 2.26 bits per heavy atom. The molecule has 0 atom stereocenters. The number of oxazole rings is 1. The zero-order valence-corrected chi connectivity index (χ0v) is 11.3. The van der Waals surface area contributed by atoms with Gasteiger partial charge < -0.3 is 8.98 Å². The maximum Gasteiger partial charge on any atom is 0.214 e. The normalized spacial score (nSPS) is 11.3. The summed E-state index contributed by atoms with van der Waals surface area (Å²) in [6.07, 6.45) is 6.07. The molecule has 5 nitrogen and oxygen atoms in total. The van der Waals surface area contributed by atoms with Crippen LogP contribution in [0.15, 0.2) is 29.1 Å². The van der Waals surface area contributed by atoms with Gasteiger partial charge in [0, 0.05) is 12.6 Å². The van der Waals surface area contributed by atoms with Crippen LogP contribution in [0.25, 0.3) is 11.0 Å². The molecule has 3 aromatic heterocycles. The summed E-state index contributed by atoms with van der Waals surface area (Å²) in [6.45, 7) is 2.56. The van der Waals surface area contributed by atoms with Gasteiger partial charge in [-0.15, -0.1) is 11.6 Å².